The van der Waals surface area contributed by atoms with Gasteiger partial charge in [0.25, 0.3) is 11.8 Å². The van der Waals surface area contributed by atoms with Crippen molar-refractivity contribution in [2.45, 2.75) is 0 Å². The molecular formula is C12H28N4O2+2. The monoisotopic (exact) mass is 260 g/mol. The highest BCUT2D eigenvalue weighted by Gasteiger charge is 2.15. The predicted octanol–water partition coefficient (Wildman–Crippen LogP) is -1.37. The Morgan fingerprint density at radius 3 is 1.22 bits per heavy atom. The predicted molar refractivity (Wildman–Crippen MR) is 71.8 cm³/mol. The van der Waals surface area contributed by atoms with E-state index in [4.69, 9.17) is 0 Å². The van der Waals surface area contributed by atoms with E-state index in [9.17, 15) is 9.59 Å². The third-order valence-electron chi connectivity index (χ3n) is 2.01. The van der Waals surface area contributed by atoms with Crippen molar-refractivity contribution in [1.29, 1.82) is 0 Å². The number of quaternary nitrogens is 2. The number of carbonyl (C=O) groups excluding carboxylic acids is 2. The Hall–Kier alpha value is -1.14. The van der Waals surface area contributed by atoms with Gasteiger partial charge in [-0.25, -0.2) is 0 Å². The van der Waals surface area contributed by atoms with Crippen LogP contribution in [0, 0.1) is 0 Å². The molecule has 6 heteroatoms. The van der Waals surface area contributed by atoms with E-state index >= 15 is 0 Å². The van der Waals surface area contributed by atoms with E-state index in [1.165, 1.54) is 0 Å². The summed E-state index contributed by atoms with van der Waals surface area (Å²) in [6, 6.07) is 0. The fraction of sp³-hybridized carbons (Fsp3) is 0.833. The summed E-state index contributed by atoms with van der Waals surface area (Å²) in [5, 5.41) is 5.57. The van der Waals surface area contributed by atoms with E-state index < -0.39 is 0 Å². The zero-order chi connectivity index (χ0) is 14.4. The molecule has 0 radical (unpaired) electrons. The smallest absolute Gasteiger partial charge is 0.275 e. The molecule has 0 saturated carbocycles. The van der Waals surface area contributed by atoms with Crippen molar-refractivity contribution in [3.8, 4) is 0 Å². The van der Waals surface area contributed by atoms with Gasteiger partial charge in [-0.05, 0) is 0 Å². The van der Waals surface area contributed by atoms with Gasteiger partial charge in [-0.1, -0.05) is 0 Å². The Morgan fingerprint density at radius 2 is 1.00 bits per heavy atom. The standard InChI is InChI=1S/C12H26N4O2/c1-15(2,3)9-11(17)13-7-8-14-12(18)10-16(4,5)6/h7-10H2,1-6H3/p+2. The number of hydrogen-bond acceptors (Lipinski definition) is 2. The number of nitrogens with zero attached hydrogens (tertiary/aromatic N) is 2. The minimum Gasteiger partial charge on any atom is -0.349 e. The maximum absolute atomic E-state index is 11.5. The second-order valence-corrected chi connectivity index (χ2v) is 6.60. The summed E-state index contributed by atoms with van der Waals surface area (Å²) >= 11 is 0. The number of rotatable bonds is 7. The molecule has 0 rings (SSSR count). The highest BCUT2D eigenvalue weighted by molar-refractivity contribution is 5.78. The van der Waals surface area contributed by atoms with E-state index in [-0.39, 0.29) is 11.8 Å². The first-order valence-electron chi connectivity index (χ1n) is 6.14. The molecule has 106 valence electrons. The molecule has 0 heterocycles. The number of nitrogens with one attached hydrogen (secondary N) is 2. The van der Waals surface area contributed by atoms with Crippen LogP contribution in [-0.2, 0) is 9.59 Å². The van der Waals surface area contributed by atoms with Crippen LogP contribution in [0.4, 0.5) is 0 Å². The molecule has 0 aromatic rings. The van der Waals surface area contributed by atoms with Crippen LogP contribution in [0.15, 0.2) is 0 Å². The fourth-order valence-electron chi connectivity index (χ4n) is 1.38. The van der Waals surface area contributed by atoms with Crippen molar-refractivity contribution in [1.82, 2.24) is 10.6 Å². The lowest BCUT2D eigenvalue weighted by molar-refractivity contribution is -0.862. The van der Waals surface area contributed by atoms with Crippen LogP contribution >= 0.6 is 0 Å². The molecule has 0 aromatic heterocycles. The largest absolute Gasteiger partial charge is 0.349 e. The van der Waals surface area contributed by atoms with E-state index in [1.54, 1.807) is 0 Å². The Morgan fingerprint density at radius 1 is 0.722 bits per heavy atom. The Labute approximate surface area is 110 Å². The van der Waals surface area contributed by atoms with Crippen LogP contribution in [0.5, 0.6) is 0 Å². The van der Waals surface area contributed by atoms with E-state index in [2.05, 4.69) is 10.6 Å². The minimum atomic E-state index is 0.00310. The highest BCUT2D eigenvalue weighted by Crippen LogP contribution is 1.88. The summed E-state index contributed by atoms with van der Waals surface area (Å²) in [4.78, 5) is 23.0. The lowest BCUT2D eigenvalue weighted by atomic mass is 10.4. The second kappa shape index (κ2) is 6.70. The van der Waals surface area contributed by atoms with E-state index in [0.717, 1.165) is 0 Å². The third-order valence-corrected chi connectivity index (χ3v) is 2.01. The molecule has 0 fully saturated rings. The molecule has 6 nitrogen and oxygen atoms in total. The van der Waals surface area contributed by atoms with Gasteiger partial charge in [-0.2, -0.15) is 0 Å². The van der Waals surface area contributed by atoms with Crippen LogP contribution in [-0.4, -0.2) is 89.2 Å². The van der Waals surface area contributed by atoms with Crippen LogP contribution < -0.4 is 10.6 Å². The van der Waals surface area contributed by atoms with Gasteiger partial charge >= 0.3 is 0 Å². The molecule has 0 unspecified atom stereocenters. The van der Waals surface area contributed by atoms with E-state index in [1.807, 2.05) is 42.3 Å². The minimum absolute atomic E-state index is 0.00310. The lowest BCUT2D eigenvalue weighted by Gasteiger charge is -2.23. The molecule has 0 spiro atoms. The second-order valence-electron chi connectivity index (χ2n) is 6.60. The molecule has 0 aliphatic rings. The zero-order valence-corrected chi connectivity index (χ0v) is 12.5. The first-order valence-corrected chi connectivity index (χ1v) is 6.14. The highest BCUT2D eigenvalue weighted by atomic mass is 16.2. The summed E-state index contributed by atoms with van der Waals surface area (Å²) in [5.41, 5.74) is 0. The summed E-state index contributed by atoms with van der Waals surface area (Å²) in [7, 11) is 11.8. The average molecular weight is 260 g/mol. The number of carbonyl (C=O) groups is 2. The van der Waals surface area contributed by atoms with Crippen molar-refractivity contribution in [3.05, 3.63) is 0 Å². The lowest BCUT2D eigenvalue weighted by Crippen LogP contribution is -2.47. The molecule has 0 aliphatic carbocycles. The summed E-state index contributed by atoms with van der Waals surface area (Å²) in [5.74, 6) is 0.00621. The third kappa shape index (κ3) is 11.3. The number of amides is 2. The topological polar surface area (TPSA) is 58.2 Å². The zero-order valence-electron chi connectivity index (χ0n) is 12.5. The quantitative estimate of drug-likeness (QED) is 0.438. The summed E-state index contributed by atoms with van der Waals surface area (Å²) in [6.07, 6.45) is 0. The van der Waals surface area contributed by atoms with Gasteiger partial charge in [0.15, 0.2) is 13.1 Å². The molecule has 18 heavy (non-hydrogen) atoms. The van der Waals surface area contributed by atoms with Crippen molar-refractivity contribution in [2.24, 2.45) is 0 Å². The Balaban J connectivity index is 3.69. The van der Waals surface area contributed by atoms with Crippen LogP contribution in [0.25, 0.3) is 0 Å². The maximum atomic E-state index is 11.5. The molecule has 2 N–H and O–H groups in total. The average Bonchev–Trinajstić information content (AvgIpc) is 2.06. The van der Waals surface area contributed by atoms with Crippen LogP contribution in [0.3, 0.4) is 0 Å². The van der Waals surface area contributed by atoms with Crippen LogP contribution in [0.1, 0.15) is 0 Å². The number of hydrogen-bond donors (Lipinski definition) is 2. The van der Waals surface area contributed by atoms with Gasteiger partial charge in [0, 0.05) is 13.1 Å². The van der Waals surface area contributed by atoms with Crippen molar-refractivity contribution >= 4 is 11.8 Å². The first-order chi connectivity index (χ1) is 7.99. The fourth-order valence-corrected chi connectivity index (χ4v) is 1.38. The Bertz CT molecular complexity index is 259. The SMILES string of the molecule is C[N+](C)(C)CC(=O)NCCNC(=O)C[N+](C)(C)C. The molecular weight excluding hydrogens is 232 g/mol. The normalized spacial score (nSPS) is 12.1. The number of likely N-dealkylation sites (N-methyl/N-ethyl adjacent to an activating group) is 2. The summed E-state index contributed by atoms with van der Waals surface area (Å²) in [6.45, 7) is 1.82. The molecule has 0 aromatic carbocycles. The van der Waals surface area contributed by atoms with Crippen molar-refractivity contribution in [2.75, 3.05) is 68.5 Å². The van der Waals surface area contributed by atoms with Gasteiger partial charge in [0.05, 0.1) is 42.3 Å². The molecule has 0 atom stereocenters. The van der Waals surface area contributed by atoms with Gasteiger partial charge < -0.3 is 19.6 Å². The van der Waals surface area contributed by atoms with Crippen molar-refractivity contribution in [3.63, 3.8) is 0 Å². The molecule has 2 amide bonds. The molecule has 0 saturated heterocycles. The molecule has 0 aliphatic heterocycles. The van der Waals surface area contributed by atoms with Gasteiger partial charge in [-0.15, -0.1) is 0 Å². The van der Waals surface area contributed by atoms with Crippen LogP contribution in [0.2, 0.25) is 0 Å². The van der Waals surface area contributed by atoms with Gasteiger partial charge in [0.2, 0.25) is 0 Å². The van der Waals surface area contributed by atoms with Crippen molar-refractivity contribution < 1.29 is 18.6 Å². The maximum Gasteiger partial charge on any atom is 0.275 e. The van der Waals surface area contributed by atoms with Gasteiger partial charge in [-0.3, -0.25) is 9.59 Å². The Kier molecular flexibility index (Phi) is 6.28. The van der Waals surface area contributed by atoms with E-state index in [0.29, 0.717) is 35.1 Å². The summed E-state index contributed by atoms with van der Waals surface area (Å²) < 4.78 is 1.19. The first kappa shape index (κ1) is 16.9. The van der Waals surface area contributed by atoms with Gasteiger partial charge in [0.1, 0.15) is 0 Å². The molecule has 0 bridgehead atoms.